The van der Waals surface area contributed by atoms with Gasteiger partial charge >= 0.3 is 0 Å². The van der Waals surface area contributed by atoms with Crippen molar-refractivity contribution in [2.45, 2.75) is 19.9 Å². The highest BCUT2D eigenvalue weighted by atomic mass is 35.5. The summed E-state index contributed by atoms with van der Waals surface area (Å²) in [4.78, 5) is 0. The summed E-state index contributed by atoms with van der Waals surface area (Å²) in [6.45, 7) is 3.17. The van der Waals surface area contributed by atoms with Gasteiger partial charge in [0, 0.05) is 6.54 Å². The molecule has 0 saturated heterocycles. The van der Waals surface area contributed by atoms with Gasteiger partial charge in [0.25, 0.3) is 0 Å². The molecule has 4 heteroatoms. The van der Waals surface area contributed by atoms with E-state index in [4.69, 9.17) is 26.8 Å². The lowest BCUT2D eigenvalue weighted by Crippen LogP contribution is -1.98. The lowest BCUT2D eigenvalue weighted by molar-refractivity contribution is 0.302. The van der Waals surface area contributed by atoms with Crippen LogP contribution in [-0.4, -0.2) is 6.61 Å². The molecule has 20 heavy (non-hydrogen) atoms. The molecular formula is C16H18ClNO2. The molecule has 0 saturated carbocycles. The lowest BCUT2D eigenvalue weighted by atomic mass is 10.2. The molecule has 106 valence electrons. The van der Waals surface area contributed by atoms with Crippen LogP contribution in [0.25, 0.3) is 0 Å². The minimum absolute atomic E-state index is 0.455. The predicted octanol–water partition coefficient (Wildman–Crippen LogP) is 4.38. The first-order valence-corrected chi connectivity index (χ1v) is 7.00. The summed E-state index contributed by atoms with van der Waals surface area (Å²) in [5, 5.41) is 0.540. The molecular weight excluding hydrogens is 274 g/mol. The zero-order chi connectivity index (χ0) is 14.4. The van der Waals surface area contributed by atoms with Crippen molar-refractivity contribution in [3.63, 3.8) is 0 Å². The molecule has 0 radical (unpaired) electrons. The average molecular weight is 292 g/mol. The predicted molar refractivity (Wildman–Crippen MR) is 81.6 cm³/mol. The zero-order valence-corrected chi connectivity index (χ0v) is 12.2. The first kappa shape index (κ1) is 14.7. The van der Waals surface area contributed by atoms with Crippen LogP contribution in [0, 0.1) is 0 Å². The Bertz CT molecular complexity index is 572. The van der Waals surface area contributed by atoms with Gasteiger partial charge in [-0.15, -0.1) is 0 Å². The smallest absolute Gasteiger partial charge is 0.169 e. The quantitative estimate of drug-likeness (QED) is 0.859. The van der Waals surface area contributed by atoms with Crippen LogP contribution in [0.4, 0.5) is 0 Å². The van der Waals surface area contributed by atoms with E-state index in [-0.39, 0.29) is 0 Å². The number of hydrogen-bond acceptors (Lipinski definition) is 3. The molecule has 0 bridgehead atoms. The van der Waals surface area contributed by atoms with Crippen LogP contribution in [-0.2, 0) is 6.54 Å². The third-order valence-corrected chi connectivity index (χ3v) is 3.06. The first-order valence-electron chi connectivity index (χ1n) is 6.62. The van der Waals surface area contributed by atoms with Gasteiger partial charge in [-0.2, -0.15) is 0 Å². The summed E-state index contributed by atoms with van der Waals surface area (Å²) >= 11 is 6.19. The van der Waals surface area contributed by atoms with E-state index >= 15 is 0 Å². The zero-order valence-electron chi connectivity index (χ0n) is 11.4. The molecule has 0 aliphatic rings. The van der Waals surface area contributed by atoms with Crippen LogP contribution in [0.3, 0.4) is 0 Å². The molecule has 0 unspecified atom stereocenters. The standard InChI is InChI=1S/C16H18ClNO2/c1-2-9-19-15-5-3-4-6-16(15)20-14-8-7-12(11-18)10-13(14)17/h3-8,10H,2,9,11,18H2,1H3. The van der Waals surface area contributed by atoms with Gasteiger partial charge in [-0.1, -0.05) is 36.7 Å². The molecule has 3 nitrogen and oxygen atoms in total. The van der Waals surface area contributed by atoms with Crippen molar-refractivity contribution in [1.82, 2.24) is 0 Å². The molecule has 0 amide bonds. The minimum atomic E-state index is 0.455. The summed E-state index contributed by atoms with van der Waals surface area (Å²) in [5.41, 5.74) is 6.55. The maximum absolute atomic E-state index is 6.19. The second-order valence-corrected chi connectivity index (χ2v) is 4.77. The minimum Gasteiger partial charge on any atom is -0.490 e. The third-order valence-electron chi connectivity index (χ3n) is 2.76. The van der Waals surface area contributed by atoms with Crippen molar-refractivity contribution in [2.24, 2.45) is 5.73 Å². The Kier molecular flexibility index (Phi) is 5.27. The van der Waals surface area contributed by atoms with Crippen molar-refractivity contribution in [3.8, 4) is 17.2 Å². The van der Waals surface area contributed by atoms with Crippen molar-refractivity contribution in [3.05, 3.63) is 53.1 Å². The Morgan fingerprint density at radius 2 is 1.80 bits per heavy atom. The molecule has 0 aliphatic heterocycles. The fraction of sp³-hybridized carbons (Fsp3) is 0.250. The van der Waals surface area contributed by atoms with Crippen LogP contribution < -0.4 is 15.2 Å². The van der Waals surface area contributed by atoms with Crippen LogP contribution in [0.5, 0.6) is 17.2 Å². The van der Waals surface area contributed by atoms with Gasteiger partial charge in [0.2, 0.25) is 0 Å². The first-order chi connectivity index (χ1) is 9.74. The van der Waals surface area contributed by atoms with Gasteiger partial charge in [-0.05, 0) is 36.2 Å². The van der Waals surface area contributed by atoms with Gasteiger partial charge in [-0.25, -0.2) is 0 Å². The number of para-hydroxylation sites is 2. The van der Waals surface area contributed by atoms with Crippen LogP contribution >= 0.6 is 11.6 Å². The number of hydrogen-bond donors (Lipinski definition) is 1. The molecule has 0 spiro atoms. The van der Waals surface area contributed by atoms with E-state index in [2.05, 4.69) is 6.92 Å². The second-order valence-electron chi connectivity index (χ2n) is 4.37. The van der Waals surface area contributed by atoms with Gasteiger partial charge in [0.1, 0.15) is 5.75 Å². The van der Waals surface area contributed by atoms with Crippen molar-refractivity contribution >= 4 is 11.6 Å². The van der Waals surface area contributed by atoms with Gasteiger partial charge in [0.15, 0.2) is 11.5 Å². The van der Waals surface area contributed by atoms with Crippen LogP contribution in [0.1, 0.15) is 18.9 Å². The molecule has 0 heterocycles. The SMILES string of the molecule is CCCOc1ccccc1Oc1ccc(CN)cc1Cl. The number of benzene rings is 2. The molecule has 2 N–H and O–H groups in total. The van der Waals surface area contributed by atoms with Crippen molar-refractivity contribution in [2.75, 3.05) is 6.61 Å². The number of rotatable bonds is 6. The lowest BCUT2D eigenvalue weighted by Gasteiger charge is -2.13. The van der Waals surface area contributed by atoms with E-state index in [0.29, 0.717) is 35.4 Å². The molecule has 0 aliphatic carbocycles. The fourth-order valence-corrected chi connectivity index (χ4v) is 1.98. The Balaban J connectivity index is 2.21. The third kappa shape index (κ3) is 3.65. The highest BCUT2D eigenvalue weighted by Gasteiger charge is 2.08. The fourth-order valence-electron chi connectivity index (χ4n) is 1.74. The van der Waals surface area contributed by atoms with E-state index in [0.717, 1.165) is 12.0 Å². The van der Waals surface area contributed by atoms with E-state index in [1.165, 1.54) is 0 Å². The molecule has 2 rings (SSSR count). The number of halogens is 1. The highest BCUT2D eigenvalue weighted by Crippen LogP contribution is 2.35. The summed E-state index contributed by atoms with van der Waals surface area (Å²) in [7, 11) is 0. The maximum atomic E-state index is 6.19. The molecule has 2 aromatic rings. The summed E-state index contributed by atoms with van der Waals surface area (Å²) in [6.07, 6.45) is 0.945. The normalized spacial score (nSPS) is 10.3. The van der Waals surface area contributed by atoms with E-state index in [9.17, 15) is 0 Å². The molecule has 2 aromatic carbocycles. The van der Waals surface area contributed by atoms with E-state index in [1.807, 2.05) is 42.5 Å². The second kappa shape index (κ2) is 7.17. The van der Waals surface area contributed by atoms with Crippen molar-refractivity contribution in [1.29, 1.82) is 0 Å². The van der Waals surface area contributed by atoms with Gasteiger partial charge in [-0.3, -0.25) is 0 Å². The largest absolute Gasteiger partial charge is 0.490 e. The van der Waals surface area contributed by atoms with Gasteiger partial charge in [0.05, 0.1) is 11.6 Å². The Hall–Kier alpha value is -1.71. The van der Waals surface area contributed by atoms with Crippen LogP contribution in [0.15, 0.2) is 42.5 Å². The number of ether oxygens (including phenoxy) is 2. The maximum Gasteiger partial charge on any atom is 0.169 e. The van der Waals surface area contributed by atoms with Crippen molar-refractivity contribution < 1.29 is 9.47 Å². The molecule has 0 atom stereocenters. The Morgan fingerprint density at radius 1 is 1.05 bits per heavy atom. The summed E-state index contributed by atoms with van der Waals surface area (Å²) in [5.74, 6) is 1.97. The summed E-state index contributed by atoms with van der Waals surface area (Å²) in [6, 6.07) is 13.1. The van der Waals surface area contributed by atoms with Crippen LogP contribution in [0.2, 0.25) is 5.02 Å². The molecule has 0 aromatic heterocycles. The summed E-state index contributed by atoms with van der Waals surface area (Å²) < 4.78 is 11.5. The number of nitrogens with two attached hydrogens (primary N) is 1. The monoisotopic (exact) mass is 291 g/mol. The highest BCUT2D eigenvalue weighted by molar-refractivity contribution is 6.32. The topological polar surface area (TPSA) is 44.5 Å². The Morgan fingerprint density at radius 3 is 2.45 bits per heavy atom. The van der Waals surface area contributed by atoms with E-state index in [1.54, 1.807) is 0 Å². The van der Waals surface area contributed by atoms with Gasteiger partial charge < -0.3 is 15.2 Å². The molecule has 0 fully saturated rings. The average Bonchev–Trinajstić information content (AvgIpc) is 2.48. The Labute approximate surface area is 124 Å². The van der Waals surface area contributed by atoms with E-state index < -0.39 is 0 Å².